The molecule has 4 aliphatic heterocycles. The third-order valence-electron chi connectivity index (χ3n) is 12.6. The maximum Gasteiger partial charge on any atom is 0.483 e. The number of nitrogens with one attached hydrogen (secondary N) is 4. The highest BCUT2D eigenvalue weighted by molar-refractivity contribution is 5.86. The van der Waals surface area contributed by atoms with E-state index in [1.807, 2.05) is 0 Å². The first kappa shape index (κ1) is 45.6. The van der Waals surface area contributed by atoms with Crippen LogP contribution >= 0.6 is 0 Å². The summed E-state index contributed by atoms with van der Waals surface area (Å²) in [5, 5.41) is 67.6. The first-order chi connectivity index (χ1) is 27.3. The minimum absolute atomic E-state index is 0.00873. The van der Waals surface area contributed by atoms with Crippen LogP contribution in [0, 0.1) is 0 Å². The quantitative estimate of drug-likeness (QED) is 0.0311. The van der Waals surface area contributed by atoms with Crippen LogP contribution in [0.3, 0.4) is 0 Å². The highest BCUT2D eigenvalue weighted by Crippen LogP contribution is 2.62. The number of carboxylic acid groups (broad SMARTS) is 6. The molecular formula is C35H58N8O15+4. The molecule has 0 aromatic rings. The molecular weight excluding hydrogens is 772 g/mol. The molecule has 0 radical (unpaired) electrons. The standard InChI is InChI=1S/C35H54N8O15/c44-26(36-11-5-3-6-24(32(54)55)38-34(58)39-25(33(56)57)8-9-28(46)47)7-2-1-4-10-37-27(45)20-40-12-14-41(21-29(48)49)16-18-43(23-31(52)53)19-17-42(15-13-40,22-30(50)51)35(40,41)43/h24-25H,1-23H2,(H6-4,36,37,38,39,44,45,46,47,48,49,50,51,52,53,54,55,56,57,58)/p+4/t24-,25-,35?,40?,41-,42+,43?/m0/s1. The lowest BCUT2D eigenvalue weighted by Gasteiger charge is -2.49. The van der Waals surface area contributed by atoms with Crippen LogP contribution in [0.15, 0.2) is 0 Å². The number of rotatable bonds is 26. The van der Waals surface area contributed by atoms with Crippen molar-refractivity contribution in [2.45, 2.75) is 75.8 Å². The summed E-state index contributed by atoms with van der Waals surface area (Å²) in [5.41, 5.74) is 0. The van der Waals surface area contributed by atoms with Gasteiger partial charge in [0.25, 0.3) is 5.91 Å². The number of carboxylic acids is 6. The lowest BCUT2D eigenvalue weighted by Crippen LogP contribution is -2.86. The van der Waals surface area contributed by atoms with Crippen LogP contribution in [-0.4, -0.2) is 212 Å². The molecule has 4 heterocycles. The second-order valence-electron chi connectivity index (χ2n) is 16.1. The van der Waals surface area contributed by atoms with E-state index in [4.69, 9.17) is 5.11 Å². The number of hydrogen-bond donors (Lipinski definition) is 10. The van der Waals surface area contributed by atoms with E-state index in [9.17, 15) is 68.7 Å². The zero-order valence-corrected chi connectivity index (χ0v) is 32.6. The molecule has 4 amide bonds. The van der Waals surface area contributed by atoms with E-state index in [0.717, 1.165) is 0 Å². The van der Waals surface area contributed by atoms with Crippen LogP contribution in [0.25, 0.3) is 0 Å². The Morgan fingerprint density at radius 1 is 0.448 bits per heavy atom. The largest absolute Gasteiger partial charge is 0.483 e. The van der Waals surface area contributed by atoms with Crippen molar-refractivity contribution in [3.8, 4) is 0 Å². The number of quaternary nitrogens is 4. The molecule has 4 fully saturated rings. The number of nitrogens with zero attached hydrogens (tertiary/aromatic N) is 4. The van der Waals surface area contributed by atoms with Crippen molar-refractivity contribution in [2.75, 3.05) is 91.6 Å². The molecule has 0 bridgehead atoms. The number of aliphatic carboxylic acids is 6. The summed E-state index contributed by atoms with van der Waals surface area (Å²) in [4.78, 5) is 109. The summed E-state index contributed by atoms with van der Waals surface area (Å²) in [5.74, 6) is -8.88. The lowest BCUT2D eigenvalue weighted by atomic mass is 10.1. The Morgan fingerprint density at radius 2 is 0.845 bits per heavy atom. The number of amides is 4. The molecule has 0 aromatic heterocycles. The number of unbranched alkanes of at least 4 members (excludes halogenated alkanes) is 3. The molecule has 0 aliphatic carbocycles. The Hall–Kier alpha value is -5.13. The Bertz CT molecular complexity index is 1560. The average Bonchev–Trinajstić information content (AvgIpc) is 3.75. The summed E-state index contributed by atoms with van der Waals surface area (Å²) < 4.78 is 0.282. The summed E-state index contributed by atoms with van der Waals surface area (Å²) in [6.07, 6.45) is 1.70. The van der Waals surface area contributed by atoms with Gasteiger partial charge in [0.05, 0.1) is 0 Å². The van der Waals surface area contributed by atoms with E-state index in [-0.39, 0.29) is 81.7 Å². The number of carbonyl (C=O) groups excluding carboxylic acids is 3. The zero-order chi connectivity index (χ0) is 42.9. The molecule has 3 unspecified atom stereocenters. The van der Waals surface area contributed by atoms with E-state index in [0.29, 0.717) is 91.0 Å². The van der Waals surface area contributed by atoms with Crippen molar-refractivity contribution in [3.63, 3.8) is 0 Å². The van der Waals surface area contributed by atoms with Crippen molar-refractivity contribution in [1.29, 1.82) is 0 Å². The summed E-state index contributed by atoms with van der Waals surface area (Å²) in [7, 11) is 0. The van der Waals surface area contributed by atoms with E-state index >= 15 is 0 Å². The van der Waals surface area contributed by atoms with Gasteiger partial charge in [0.1, 0.15) is 64.4 Å². The smallest absolute Gasteiger partial charge is 0.481 e. The fourth-order valence-electron chi connectivity index (χ4n) is 10.8. The average molecular weight is 831 g/mol. The molecule has 324 valence electrons. The summed E-state index contributed by atoms with van der Waals surface area (Å²) in [6.45, 7) is 2.86. The van der Waals surface area contributed by atoms with Gasteiger partial charge in [-0.3, -0.25) is 14.4 Å². The highest BCUT2D eigenvalue weighted by Gasteiger charge is 2.99. The normalized spacial score (nSPS) is 28.7. The fourth-order valence-corrected chi connectivity index (χ4v) is 10.8. The predicted octanol–water partition coefficient (Wildman–Crippen LogP) is -2.79. The van der Waals surface area contributed by atoms with Gasteiger partial charge in [-0.05, 0) is 38.5 Å². The Labute approximate surface area is 333 Å². The number of hydrogen-bond acceptors (Lipinski definition) is 9. The van der Waals surface area contributed by atoms with Gasteiger partial charge in [0, 0.05) is 25.9 Å². The molecule has 58 heavy (non-hydrogen) atoms. The van der Waals surface area contributed by atoms with Crippen LogP contribution in [0.2, 0.25) is 0 Å². The minimum Gasteiger partial charge on any atom is -0.481 e. The van der Waals surface area contributed by atoms with Gasteiger partial charge >= 0.3 is 47.8 Å². The molecule has 0 saturated carbocycles. The van der Waals surface area contributed by atoms with Gasteiger partial charge < -0.3 is 51.9 Å². The van der Waals surface area contributed by atoms with E-state index in [2.05, 4.69) is 21.3 Å². The fraction of sp³-hybridized carbons (Fsp3) is 0.743. The van der Waals surface area contributed by atoms with Gasteiger partial charge in [-0.2, -0.15) is 0 Å². The van der Waals surface area contributed by atoms with Crippen molar-refractivity contribution >= 4 is 53.7 Å². The van der Waals surface area contributed by atoms with Crippen molar-refractivity contribution in [3.05, 3.63) is 0 Å². The highest BCUT2D eigenvalue weighted by atomic mass is 16.4. The molecule has 4 saturated heterocycles. The first-order valence-electron chi connectivity index (χ1n) is 19.7. The molecule has 4 aliphatic rings. The summed E-state index contributed by atoms with van der Waals surface area (Å²) in [6, 6.07) is -3.93. The van der Waals surface area contributed by atoms with Gasteiger partial charge in [-0.25, -0.2) is 28.8 Å². The van der Waals surface area contributed by atoms with E-state index in [1.54, 1.807) is 0 Å². The second-order valence-corrected chi connectivity index (χ2v) is 16.1. The molecule has 23 nitrogen and oxygen atoms in total. The van der Waals surface area contributed by atoms with Gasteiger partial charge in [-0.1, -0.05) is 6.42 Å². The molecule has 0 aromatic carbocycles. The molecule has 23 heteroatoms. The van der Waals surface area contributed by atoms with Crippen molar-refractivity contribution in [2.24, 2.45) is 0 Å². The van der Waals surface area contributed by atoms with Crippen LogP contribution in [0.1, 0.15) is 57.8 Å². The topological polar surface area (TPSA) is 323 Å². The zero-order valence-electron chi connectivity index (χ0n) is 32.6. The van der Waals surface area contributed by atoms with Crippen LogP contribution < -0.4 is 21.3 Å². The van der Waals surface area contributed by atoms with Crippen molar-refractivity contribution < 1.29 is 91.7 Å². The SMILES string of the molecule is O=C(O)CC[C@H](NC(=O)N[C@@H](CCCCNC(=O)CCCCCNC(=O)C[N+]12CC[N@+]3(CC(=O)O)CC[N+]4(CC(=O)O)CC[N@+](CC(=O)O)(CC1)C423)C(=O)O)C(=O)O. The number of carbonyl (C=O) groups is 9. The van der Waals surface area contributed by atoms with Crippen LogP contribution in [0.5, 0.6) is 0 Å². The maximum atomic E-state index is 13.6. The maximum absolute atomic E-state index is 13.6. The third kappa shape index (κ3) is 9.26. The van der Waals surface area contributed by atoms with Crippen LogP contribution in [0.4, 0.5) is 4.79 Å². The Kier molecular flexibility index (Phi) is 14.6. The van der Waals surface area contributed by atoms with Crippen molar-refractivity contribution in [1.82, 2.24) is 21.3 Å². The molecule has 4 rings (SSSR count). The Morgan fingerprint density at radius 3 is 1.26 bits per heavy atom. The Balaban J connectivity index is 1.21. The third-order valence-corrected chi connectivity index (χ3v) is 12.6. The lowest BCUT2D eigenvalue weighted by molar-refractivity contribution is -1.36. The molecule has 1 spiro atoms. The number of urea groups is 1. The predicted molar refractivity (Wildman–Crippen MR) is 195 cm³/mol. The summed E-state index contributed by atoms with van der Waals surface area (Å²) >= 11 is 0. The first-order valence-corrected chi connectivity index (χ1v) is 19.7. The van der Waals surface area contributed by atoms with Gasteiger partial charge in [0.2, 0.25) is 5.91 Å². The molecule has 10 N–H and O–H groups in total. The minimum atomic E-state index is -1.52. The van der Waals surface area contributed by atoms with Gasteiger partial charge in [0.15, 0.2) is 26.2 Å². The monoisotopic (exact) mass is 830 g/mol. The van der Waals surface area contributed by atoms with Gasteiger partial charge in [-0.15, -0.1) is 17.9 Å². The van der Waals surface area contributed by atoms with Crippen LogP contribution in [-0.2, 0) is 38.4 Å². The second kappa shape index (κ2) is 18.6. The molecule has 7 atom stereocenters. The van der Waals surface area contributed by atoms with E-state index in [1.165, 1.54) is 0 Å². The van der Waals surface area contributed by atoms with E-state index < -0.39 is 66.3 Å².